The van der Waals surface area contributed by atoms with E-state index >= 15 is 0 Å². The molecule has 1 aliphatic rings. The average Bonchev–Trinajstić information content (AvgIpc) is 3.07. The summed E-state index contributed by atoms with van der Waals surface area (Å²) in [7, 11) is 1.54. The SMILES string of the molecule is COc1ccc(-n2c(SCC(=O)N3CCCCCC3)nc3ccccc3c2=O)cc1Cl. The van der Waals surface area contributed by atoms with Crippen molar-refractivity contribution in [1.29, 1.82) is 0 Å². The van der Waals surface area contributed by atoms with Crippen LogP contribution in [0.25, 0.3) is 16.6 Å². The van der Waals surface area contributed by atoms with Gasteiger partial charge in [0.2, 0.25) is 5.91 Å². The zero-order valence-electron chi connectivity index (χ0n) is 17.3. The van der Waals surface area contributed by atoms with Crippen molar-refractivity contribution in [3.63, 3.8) is 0 Å². The van der Waals surface area contributed by atoms with Gasteiger partial charge >= 0.3 is 0 Å². The molecule has 0 saturated carbocycles. The van der Waals surface area contributed by atoms with E-state index in [4.69, 9.17) is 21.3 Å². The van der Waals surface area contributed by atoms with Crippen LogP contribution in [0.2, 0.25) is 5.02 Å². The summed E-state index contributed by atoms with van der Waals surface area (Å²) in [5.41, 5.74) is 0.989. The van der Waals surface area contributed by atoms with Crippen molar-refractivity contribution < 1.29 is 9.53 Å². The highest BCUT2D eigenvalue weighted by Crippen LogP contribution is 2.29. The number of para-hydroxylation sites is 1. The fourth-order valence-electron chi connectivity index (χ4n) is 3.77. The number of carbonyl (C=O) groups is 1. The van der Waals surface area contributed by atoms with Gasteiger partial charge in [-0.2, -0.15) is 0 Å². The molecule has 1 amide bonds. The Bertz CT molecular complexity index is 1160. The van der Waals surface area contributed by atoms with Crippen LogP contribution in [-0.2, 0) is 4.79 Å². The lowest BCUT2D eigenvalue weighted by molar-refractivity contribution is -0.128. The van der Waals surface area contributed by atoms with Crippen LogP contribution in [0.15, 0.2) is 52.4 Å². The molecular formula is C23H24ClN3O3S. The minimum atomic E-state index is -0.198. The van der Waals surface area contributed by atoms with Crippen molar-refractivity contribution in [2.45, 2.75) is 30.8 Å². The first-order valence-electron chi connectivity index (χ1n) is 10.3. The molecule has 2 heterocycles. The first kappa shape index (κ1) is 21.7. The number of nitrogens with zero attached hydrogens (tertiary/aromatic N) is 3. The summed E-state index contributed by atoms with van der Waals surface area (Å²) >= 11 is 7.60. The largest absolute Gasteiger partial charge is 0.495 e. The Morgan fingerprint density at radius 1 is 1.13 bits per heavy atom. The lowest BCUT2D eigenvalue weighted by Gasteiger charge is -2.20. The minimum Gasteiger partial charge on any atom is -0.495 e. The zero-order valence-corrected chi connectivity index (χ0v) is 18.9. The Labute approximate surface area is 190 Å². The molecule has 1 fully saturated rings. The maximum atomic E-state index is 13.3. The van der Waals surface area contributed by atoms with E-state index in [1.807, 2.05) is 23.1 Å². The smallest absolute Gasteiger partial charge is 0.266 e. The van der Waals surface area contributed by atoms with E-state index in [1.54, 1.807) is 31.4 Å². The van der Waals surface area contributed by atoms with Gasteiger partial charge in [-0.25, -0.2) is 4.98 Å². The summed E-state index contributed by atoms with van der Waals surface area (Å²) in [6, 6.07) is 12.4. The Balaban J connectivity index is 1.71. The summed E-state index contributed by atoms with van der Waals surface area (Å²) in [6.07, 6.45) is 4.42. The lowest BCUT2D eigenvalue weighted by Crippen LogP contribution is -2.33. The number of halogens is 1. The Morgan fingerprint density at radius 3 is 2.58 bits per heavy atom. The maximum Gasteiger partial charge on any atom is 0.266 e. The first-order valence-corrected chi connectivity index (χ1v) is 11.7. The predicted octanol–water partition coefficient (Wildman–Crippen LogP) is 4.54. The molecule has 31 heavy (non-hydrogen) atoms. The highest BCUT2D eigenvalue weighted by atomic mass is 35.5. The van der Waals surface area contributed by atoms with Gasteiger partial charge in [-0.05, 0) is 43.2 Å². The van der Waals surface area contributed by atoms with Crippen molar-refractivity contribution in [3.8, 4) is 11.4 Å². The number of ether oxygens (including phenoxy) is 1. The highest BCUT2D eigenvalue weighted by molar-refractivity contribution is 7.99. The summed E-state index contributed by atoms with van der Waals surface area (Å²) in [5.74, 6) is 0.834. The van der Waals surface area contributed by atoms with Gasteiger partial charge in [0.25, 0.3) is 5.56 Å². The standard InChI is InChI=1S/C23H24ClN3O3S/c1-30-20-11-10-16(14-18(20)24)27-22(29)17-8-4-5-9-19(17)25-23(27)31-15-21(28)26-12-6-2-3-7-13-26/h4-5,8-11,14H,2-3,6-7,12-13,15H2,1H3. The number of hydrogen-bond acceptors (Lipinski definition) is 5. The maximum absolute atomic E-state index is 13.3. The number of methoxy groups -OCH3 is 1. The normalized spacial score (nSPS) is 14.5. The number of rotatable bonds is 5. The van der Waals surface area contributed by atoms with Crippen molar-refractivity contribution >= 4 is 40.2 Å². The molecule has 0 atom stereocenters. The fourth-order valence-corrected chi connectivity index (χ4v) is 4.94. The quantitative estimate of drug-likeness (QED) is 0.415. The number of fused-ring (bicyclic) bond motifs is 1. The highest BCUT2D eigenvalue weighted by Gasteiger charge is 2.19. The molecule has 0 aliphatic carbocycles. The lowest BCUT2D eigenvalue weighted by atomic mass is 10.2. The molecule has 1 aliphatic heterocycles. The van der Waals surface area contributed by atoms with E-state index in [0.717, 1.165) is 25.9 Å². The number of benzene rings is 2. The second kappa shape index (κ2) is 9.75. The molecule has 0 spiro atoms. The fraction of sp³-hybridized carbons (Fsp3) is 0.348. The molecule has 1 saturated heterocycles. The summed E-state index contributed by atoms with van der Waals surface area (Å²) in [5, 5.41) is 1.38. The predicted molar refractivity (Wildman–Crippen MR) is 125 cm³/mol. The Kier molecular flexibility index (Phi) is 6.83. The van der Waals surface area contributed by atoms with Gasteiger partial charge in [-0.3, -0.25) is 14.2 Å². The molecular weight excluding hydrogens is 434 g/mol. The zero-order chi connectivity index (χ0) is 21.8. The Morgan fingerprint density at radius 2 is 1.87 bits per heavy atom. The van der Waals surface area contributed by atoms with Crippen LogP contribution in [0.1, 0.15) is 25.7 Å². The third kappa shape index (κ3) is 4.72. The molecule has 0 bridgehead atoms. The Hall–Kier alpha value is -2.51. The monoisotopic (exact) mass is 457 g/mol. The van der Waals surface area contributed by atoms with Crippen molar-refractivity contribution in [2.24, 2.45) is 0 Å². The molecule has 3 aromatic rings. The molecule has 0 radical (unpaired) electrons. The second-order valence-corrected chi connectivity index (χ2v) is 8.80. The van der Waals surface area contributed by atoms with Crippen LogP contribution in [-0.4, -0.2) is 46.3 Å². The molecule has 1 aromatic heterocycles. The van der Waals surface area contributed by atoms with E-state index < -0.39 is 0 Å². The second-order valence-electron chi connectivity index (χ2n) is 7.45. The van der Waals surface area contributed by atoms with Gasteiger partial charge in [0, 0.05) is 13.1 Å². The number of amides is 1. The summed E-state index contributed by atoms with van der Waals surface area (Å²) in [6.45, 7) is 1.59. The van der Waals surface area contributed by atoms with E-state index in [2.05, 4.69) is 0 Å². The van der Waals surface area contributed by atoms with Crippen LogP contribution in [0.3, 0.4) is 0 Å². The van der Waals surface area contributed by atoms with E-state index in [0.29, 0.717) is 32.5 Å². The third-order valence-electron chi connectivity index (χ3n) is 5.42. The molecule has 4 rings (SSSR count). The number of thioether (sulfide) groups is 1. The van der Waals surface area contributed by atoms with Gasteiger partial charge in [-0.1, -0.05) is 48.3 Å². The van der Waals surface area contributed by atoms with Gasteiger partial charge < -0.3 is 9.64 Å². The first-order chi connectivity index (χ1) is 15.1. The molecule has 6 nitrogen and oxygen atoms in total. The minimum absolute atomic E-state index is 0.0774. The number of likely N-dealkylation sites (tertiary alicyclic amines) is 1. The van der Waals surface area contributed by atoms with Crippen LogP contribution in [0.5, 0.6) is 5.75 Å². The molecule has 0 unspecified atom stereocenters. The molecule has 8 heteroatoms. The van der Waals surface area contributed by atoms with Gasteiger partial charge in [0.1, 0.15) is 5.75 Å². The molecule has 2 aromatic carbocycles. The van der Waals surface area contributed by atoms with Crippen molar-refractivity contribution in [3.05, 3.63) is 57.8 Å². The van der Waals surface area contributed by atoms with Crippen molar-refractivity contribution in [2.75, 3.05) is 26.0 Å². The van der Waals surface area contributed by atoms with Crippen LogP contribution >= 0.6 is 23.4 Å². The van der Waals surface area contributed by atoms with Crippen molar-refractivity contribution in [1.82, 2.24) is 14.5 Å². The number of carbonyl (C=O) groups excluding carboxylic acids is 1. The number of aromatic nitrogens is 2. The molecule has 0 N–H and O–H groups in total. The van der Waals surface area contributed by atoms with Gasteiger partial charge in [0.15, 0.2) is 5.16 Å². The van der Waals surface area contributed by atoms with Crippen LogP contribution in [0.4, 0.5) is 0 Å². The van der Waals surface area contributed by atoms with Gasteiger partial charge in [0.05, 0.1) is 34.5 Å². The summed E-state index contributed by atoms with van der Waals surface area (Å²) < 4.78 is 6.75. The summed E-state index contributed by atoms with van der Waals surface area (Å²) in [4.78, 5) is 32.8. The number of hydrogen-bond donors (Lipinski definition) is 0. The third-order valence-corrected chi connectivity index (χ3v) is 6.64. The average molecular weight is 458 g/mol. The van der Waals surface area contributed by atoms with E-state index in [-0.39, 0.29) is 17.2 Å². The van der Waals surface area contributed by atoms with E-state index in [1.165, 1.54) is 29.2 Å². The van der Waals surface area contributed by atoms with E-state index in [9.17, 15) is 9.59 Å². The van der Waals surface area contributed by atoms with Crippen LogP contribution in [0, 0.1) is 0 Å². The molecule has 162 valence electrons. The van der Waals surface area contributed by atoms with Gasteiger partial charge in [-0.15, -0.1) is 0 Å². The van der Waals surface area contributed by atoms with Crippen LogP contribution < -0.4 is 10.3 Å². The topological polar surface area (TPSA) is 64.4 Å².